The molecule has 0 aliphatic heterocycles. The highest BCUT2D eigenvalue weighted by Crippen LogP contribution is 2.23. The van der Waals surface area contributed by atoms with Gasteiger partial charge in [0.25, 0.3) is 5.91 Å². The summed E-state index contributed by atoms with van der Waals surface area (Å²) in [6, 6.07) is 12.3. The van der Waals surface area contributed by atoms with E-state index in [0.717, 1.165) is 8.95 Å². The van der Waals surface area contributed by atoms with E-state index in [2.05, 4.69) is 49.8 Å². The molecule has 0 bridgehead atoms. The fraction of sp³-hybridized carbons (Fsp3) is 0. The number of thiol groups is 1. The first-order chi connectivity index (χ1) is 9.51. The fourth-order valence-electron chi connectivity index (χ4n) is 1.60. The van der Waals surface area contributed by atoms with E-state index in [1.54, 1.807) is 36.4 Å². The van der Waals surface area contributed by atoms with E-state index < -0.39 is 0 Å². The van der Waals surface area contributed by atoms with E-state index in [0.29, 0.717) is 21.7 Å². The lowest BCUT2D eigenvalue weighted by atomic mass is 10.1. The van der Waals surface area contributed by atoms with Crippen LogP contribution in [0, 0.1) is 11.3 Å². The number of anilines is 1. The lowest BCUT2D eigenvalue weighted by molar-refractivity contribution is 0.102. The molecule has 0 saturated carbocycles. The van der Waals surface area contributed by atoms with Crippen molar-refractivity contribution in [3.05, 3.63) is 56.5 Å². The summed E-state index contributed by atoms with van der Waals surface area (Å²) in [5.41, 5.74) is 1.31. The van der Waals surface area contributed by atoms with Crippen molar-refractivity contribution in [3.63, 3.8) is 0 Å². The van der Waals surface area contributed by atoms with E-state index in [4.69, 9.17) is 5.26 Å². The summed E-state index contributed by atoms with van der Waals surface area (Å²) in [7, 11) is 0. The minimum atomic E-state index is -0.304. The van der Waals surface area contributed by atoms with Gasteiger partial charge in [0.1, 0.15) is 6.07 Å². The first kappa shape index (κ1) is 15.1. The van der Waals surface area contributed by atoms with Crippen LogP contribution in [0.3, 0.4) is 0 Å². The molecule has 0 saturated heterocycles. The second-order valence-electron chi connectivity index (χ2n) is 3.92. The zero-order valence-electron chi connectivity index (χ0n) is 10.0. The third-order valence-electron chi connectivity index (χ3n) is 2.55. The summed E-state index contributed by atoms with van der Waals surface area (Å²) in [6.07, 6.45) is 0. The molecule has 1 N–H and O–H groups in total. The van der Waals surface area contributed by atoms with Gasteiger partial charge < -0.3 is 5.32 Å². The monoisotopic (exact) mass is 410 g/mol. The highest BCUT2D eigenvalue weighted by atomic mass is 79.9. The number of carbonyl (C=O) groups is 1. The molecule has 2 aromatic rings. The van der Waals surface area contributed by atoms with E-state index in [1.807, 2.05) is 6.07 Å². The number of nitrogens with zero attached hydrogens (tertiary/aromatic N) is 1. The maximum atomic E-state index is 12.2. The van der Waals surface area contributed by atoms with Crippen LogP contribution in [0.25, 0.3) is 0 Å². The molecule has 2 aromatic carbocycles. The maximum absolute atomic E-state index is 12.2. The van der Waals surface area contributed by atoms with Crippen LogP contribution >= 0.6 is 44.5 Å². The molecule has 0 aliphatic rings. The zero-order chi connectivity index (χ0) is 14.7. The van der Waals surface area contributed by atoms with Gasteiger partial charge in [0.05, 0.1) is 16.8 Å². The Kier molecular flexibility index (Phi) is 4.86. The average molecular weight is 412 g/mol. The number of benzene rings is 2. The van der Waals surface area contributed by atoms with Crippen molar-refractivity contribution < 1.29 is 4.79 Å². The van der Waals surface area contributed by atoms with Crippen molar-refractivity contribution in [3.8, 4) is 6.07 Å². The highest BCUT2D eigenvalue weighted by molar-refractivity contribution is 9.10. The van der Waals surface area contributed by atoms with Crippen LogP contribution in [-0.2, 0) is 0 Å². The van der Waals surface area contributed by atoms with Crippen LogP contribution in [0.1, 0.15) is 15.9 Å². The molecule has 0 atom stereocenters. The molecule has 100 valence electrons. The van der Waals surface area contributed by atoms with Crippen LogP contribution in [0.5, 0.6) is 0 Å². The Morgan fingerprint density at radius 1 is 1.15 bits per heavy atom. The van der Waals surface area contributed by atoms with Crippen LogP contribution in [-0.4, -0.2) is 5.91 Å². The molecule has 0 fully saturated rings. The van der Waals surface area contributed by atoms with Crippen LogP contribution in [0.2, 0.25) is 0 Å². The fourth-order valence-corrected chi connectivity index (χ4v) is 2.82. The third kappa shape index (κ3) is 3.42. The smallest absolute Gasteiger partial charge is 0.256 e. The summed E-state index contributed by atoms with van der Waals surface area (Å²) in [4.78, 5) is 12.8. The van der Waals surface area contributed by atoms with Gasteiger partial charge in [-0.1, -0.05) is 31.9 Å². The van der Waals surface area contributed by atoms with Gasteiger partial charge in [-0.05, 0) is 36.4 Å². The number of carbonyl (C=O) groups excluding carboxylic acids is 1. The summed E-state index contributed by atoms with van der Waals surface area (Å²) in [5, 5.41) is 11.8. The lowest BCUT2D eigenvalue weighted by Gasteiger charge is -2.09. The lowest BCUT2D eigenvalue weighted by Crippen LogP contribution is -2.13. The van der Waals surface area contributed by atoms with Gasteiger partial charge in [0, 0.05) is 13.8 Å². The molecule has 1 amide bonds. The van der Waals surface area contributed by atoms with E-state index in [1.165, 1.54) is 0 Å². The molecule has 20 heavy (non-hydrogen) atoms. The average Bonchev–Trinajstić information content (AvgIpc) is 2.40. The molecule has 0 aliphatic carbocycles. The van der Waals surface area contributed by atoms with Crippen LogP contribution in [0.15, 0.2) is 50.2 Å². The van der Waals surface area contributed by atoms with Crippen molar-refractivity contribution in [2.75, 3.05) is 5.32 Å². The standard InChI is InChI=1S/C14H8Br2N2OS/c15-9-2-4-12(8(5-9)7-17)18-14(19)11-3-1-10(16)6-13(11)20/h1-6,20H,(H,18,19). The predicted molar refractivity (Wildman–Crippen MR) is 88.2 cm³/mol. The molecule has 0 unspecified atom stereocenters. The van der Waals surface area contributed by atoms with Crippen molar-refractivity contribution >= 4 is 56.1 Å². The second-order valence-corrected chi connectivity index (χ2v) is 6.23. The van der Waals surface area contributed by atoms with Crippen molar-refractivity contribution in [1.82, 2.24) is 0 Å². The van der Waals surface area contributed by atoms with Gasteiger partial charge in [-0.2, -0.15) is 5.26 Å². The number of nitrogens with one attached hydrogen (secondary N) is 1. The second kappa shape index (κ2) is 6.44. The summed E-state index contributed by atoms with van der Waals surface area (Å²) in [6.45, 7) is 0. The zero-order valence-corrected chi connectivity index (χ0v) is 14.1. The normalized spacial score (nSPS) is 9.90. The number of halogens is 2. The minimum Gasteiger partial charge on any atom is -0.321 e. The summed E-state index contributed by atoms with van der Waals surface area (Å²) >= 11 is 10.9. The van der Waals surface area contributed by atoms with Crippen LogP contribution in [0.4, 0.5) is 5.69 Å². The molecule has 0 aromatic heterocycles. The highest BCUT2D eigenvalue weighted by Gasteiger charge is 2.12. The number of rotatable bonds is 2. The number of amides is 1. The molecule has 6 heteroatoms. The largest absolute Gasteiger partial charge is 0.321 e. The Morgan fingerprint density at radius 3 is 2.45 bits per heavy atom. The first-order valence-electron chi connectivity index (χ1n) is 5.51. The summed E-state index contributed by atoms with van der Waals surface area (Å²) in [5.74, 6) is -0.304. The van der Waals surface area contributed by atoms with Gasteiger partial charge >= 0.3 is 0 Å². The van der Waals surface area contributed by atoms with E-state index >= 15 is 0 Å². The van der Waals surface area contributed by atoms with Gasteiger partial charge in [0.2, 0.25) is 0 Å². The van der Waals surface area contributed by atoms with E-state index in [-0.39, 0.29) is 5.91 Å². The van der Waals surface area contributed by atoms with Gasteiger partial charge in [-0.15, -0.1) is 12.6 Å². The number of hydrogen-bond donors (Lipinski definition) is 2. The number of nitriles is 1. The molecule has 0 heterocycles. The topological polar surface area (TPSA) is 52.9 Å². The predicted octanol–water partition coefficient (Wildman–Crippen LogP) is 4.62. The van der Waals surface area contributed by atoms with Crippen molar-refractivity contribution in [2.24, 2.45) is 0 Å². The Labute approximate surface area is 138 Å². The van der Waals surface area contributed by atoms with E-state index in [9.17, 15) is 4.79 Å². The Morgan fingerprint density at radius 2 is 1.80 bits per heavy atom. The van der Waals surface area contributed by atoms with Crippen molar-refractivity contribution in [1.29, 1.82) is 5.26 Å². The molecular weight excluding hydrogens is 404 g/mol. The maximum Gasteiger partial charge on any atom is 0.256 e. The number of hydrogen-bond acceptors (Lipinski definition) is 3. The summed E-state index contributed by atoms with van der Waals surface area (Å²) < 4.78 is 1.63. The van der Waals surface area contributed by atoms with Crippen molar-refractivity contribution in [2.45, 2.75) is 4.90 Å². The Hall–Kier alpha value is -1.29. The molecule has 0 spiro atoms. The van der Waals surface area contributed by atoms with Gasteiger partial charge in [0.15, 0.2) is 0 Å². The Bertz CT molecular complexity index is 726. The van der Waals surface area contributed by atoms with Crippen LogP contribution < -0.4 is 5.32 Å². The molecule has 0 radical (unpaired) electrons. The quantitative estimate of drug-likeness (QED) is 0.708. The van der Waals surface area contributed by atoms with Gasteiger partial charge in [-0.3, -0.25) is 4.79 Å². The molecule has 2 rings (SSSR count). The molecular formula is C14H8Br2N2OS. The minimum absolute atomic E-state index is 0.304. The van der Waals surface area contributed by atoms with Gasteiger partial charge in [-0.25, -0.2) is 0 Å². The third-order valence-corrected chi connectivity index (χ3v) is 3.91. The first-order valence-corrected chi connectivity index (χ1v) is 7.54. The Balaban J connectivity index is 2.31. The molecule has 3 nitrogen and oxygen atoms in total. The SMILES string of the molecule is N#Cc1cc(Br)ccc1NC(=O)c1ccc(Br)cc1S.